The Hall–Kier alpha value is -4.64. The number of carbonyl (C=O) groups is 2. The van der Waals surface area contributed by atoms with Gasteiger partial charge in [0.2, 0.25) is 0 Å². The first-order chi connectivity index (χ1) is 19.3. The van der Waals surface area contributed by atoms with Crippen molar-refractivity contribution in [2.45, 2.75) is 45.7 Å². The zero-order valence-corrected chi connectivity index (χ0v) is 23.1. The predicted molar refractivity (Wildman–Crippen MR) is 161 cm³/mol. The van der Waals surface area contributed by atoms with Crippen LogP contribution in [-0.2, 0) is 0 Å². The maximum Gasteiger partial charge on any atom is 0.251 e. The Kier molecular flexibility index (Phi) is 6.51. The molecule has 0 saturated heterocycles. The number of rotatable bonds is 5. The first-order valence-electron chi connectivity index (χ1n) is 13.8. The molecule has 0 aliphatic carbocycles. The molecule has 5 aromatic carbocycles. The van der Waals surface area contributed by atoms with Gasteiger partial charge in [0.1, 0.15) is 11.5 Å². The number of nitrogens with one attached hydrogen (secondary N) is 2. The third-order valence-electron chi connectivity index (χ3n) is 7.31. The van der Waals surface area contributed by atoms with E-state index in [0.717, 1.165) is 49.7 Å². The molecule has 1 unspecified atom stereocenters. The minimum atomic E-state index is -0.0865. The quantitative estimate of drug-likeness (QED) is 0.243. The predicted octanol–water partition coefficient (Wildman–Crippen LogP) is 7.56. The van der Waals surface area contributed by atoms with Crippen molar-refractivity contribution >= 4 is 33.4 Å². The van der Waals surface area contributed by atoms with Crippen molar-refractivity contribution in [1.29, 1.82) is 0 Å². The average Bonchev–Trinajstić information content (AvgIpc) is 2.94. The fourth-order valence-electron chi connectivity index (χ4n) is 5.57. The van der Waals surface area contributed by atoms with Crippen LogP contribution >= 0.6 is 0 Å². The van der Waals surface area contributed by atoms with Crippen molar-refractivity contribution < 1.29 is 14.3 Å². The lowest BCUT2D eigenvalue weighted by molar-refractivity contribution is 0.0934. The van der Waals surface area contributed by atoms with E-state index >= 15 is 0 Å². The molecule has 2 amide bonds. The van der Waals surface area contributed by atoms with Crippen LogP contribution in [0.2, 0.25) is 0 Å². The fraction of sp³-hybridized carbons (Fsp3) is 0.200. The summed E-state index contributed by atoms with van der Waals surface area (Å²) >= 11 is 0. The number of hydrogen-bond donors (Lipinski definition) is 2. The number of benzene rings is 5. The van der Waals surface area contributed by atoms with Crippen molar-refractivity contribution in [2.75, 3.05) is 0 Å². The zero-order chi connectivity index (χ0) is 28.0. The molecule has 5 aromatic rings. The van der Waals surface area contributed by atoms with Crippen molar-refractivity contribution in [2.24, 2.45) is 0 Å². The van der Waals surface area contributed by atoms with E-state index in [2.05, 4.69) is 47.0 Å². The Balaban J connectivity index is 1.53. The van der Waals surface area contributed by atoms with Crippen LogP contribution in [0.15, 0.2) is 91.0 Å². The minimum Gasteiger partial charge on any atom is -0.457 e. The Labute approximate surface area is 234 Å². The third-order valence-corrected chi connectivity index (χ3v) is 7.31. The topological polar surface area (TPSA) is 67.4 Å². The van der Waals surface area contributed by atoms with E-state index in [9.17, 15) is 9.59 Å². The Bertz CT molecular complexity index is 1770. The molecule has 1 atom stereocenters. The molecule has 40 heavy (non-hydrogen) atoms. The maximum atomic E-state index is 12.8. The van der Waals surface area contributed by atoms with Crippen molar-refractivity contribution in [3.05, 3.63) is 119 Å². The van der Waals surface area contributed by atoms with E-state index in [1.807, 2.05) is 82.3 Å². The molecule has 6 rings (SSSR count). The summed E-state index contributed by atoms with van der Waals surface area (Å²) in [6.07, 6.45) is 0. The van der Waals surface area contributed by atoms with Gasteiger partial charge in [-0.25, -0.2) is 0 Å². The van der Waals surface area contributed by atoms with Gasteiger partial charge in [-0.3, -0.25) is 9.59 Å². The number of carbonyl (C=O) groups excluding carboxylic acids is 2. The normalized spacial score (nSPS) is 14.1. The molecule has 1 heterocycles. The van der Waals surface area contributed by atoms with Crippen LogP contribution in [0.1, 0.15) is 71.0 Å². The van der Waals surface area contributed by atoms with E-state index in [1.165, 1.54) is 0 Å². The van der Waals surface area contributed by atoms with Crippen LogP contribution in [0, 0.1) is 0 Å². The summed E-state index contributed by atoms with van der Waals surface area (Å²) < 4.78 is 6.55. The van der Waals surface area contributed by atoms with Gasteiger partial charge in [0.15, 0.2) is 0 Å². The van der Waals surface area contributed by atoms with Crippen molar-refractivity contribution in [3.8, 4) is 11.5 Å². The first-order valence-corrected chi connectivity index (χ1v) is 13.8. The molecule has 5 nitrogen and oxygen atoms in total. The Morgan fingerprint density at radius 3 is 1.95 bits per heavy atom. The van der Waals surface area contributed by atoms with E-state index < -0.39 is 0 Å². The summed E-state index contributed by atoms with van der Waals surface area (Å²) in [5.74, 6) is 1.36. The second-order valence-corrected chi connectivity index (χ2v) is 11.1. The average molecular weight is 529 g/mol. The van der Waals surface area contributed by atoms with Crippen LogP contribution < -0.4 is 15.4 Å². The lowest BCUT2D eigenvalue weighted by atomic mass is 9.79. The highest BCUT2D eigenvalue weighted by atomic mass is 16.5. The van der Waals surface area contributed by atoms with E-state index in [-0.39, 0.29) is 29.8 Å². The van der Waals surface area contributed by atoms with Crippen LogP contribution in [0.3, 0.4) is 0 Å². The van der Waals surface area contributed by atoms with Gasteiger partial charge in [-0.05, 0) is 97.3 Å². The van der Waals surface area contributed by atoms with Gasteiger partial charge < -0.3 is 15.4 Å². The molecule has 0 fully saturated rings. The highest BCUT2D eigenvalue weighted by Gasteiger charge is 2.31. The first kappa shape index (κ1) is 25.6. The summed E-state index contributed by atoms with van der Waals surface area (Å²) in [7, 11) is 0. The van der Waals surface area contributed by atoms with Crippen molar-refractivity contribution in [1.82, 2.24) is 10.6 Å². The maximum absolute atomic E-state index is 12.8. The van der Waals surface area contributed by atoms with Crippen molar-refractivity contribution in [3.63, 3.8) is 0 Å². The lowest BCUT2D eigenvalue weighted by Crippen LogP contribution is -2.30. The SMILES string of the molecule is CC(C)NC(=O)c1ccc2cc3c(cc2c1)C(c1ccccc1)c1c(ccc2cc(C(=O)NC(C)C)ccc12)O3. The van der Waals surface area contributed by atoms with Crippen LogP contribution in [0.4, 0.5) is 0 Å². The second kappa shape index (κ2) is 10.2. The Morgan fingerprint density at radius 1 is 0.650 bits per heavy atom. The molecular formula is C35H32N2O3. The number of fused-ring (bicyclic) bond motifs is 5. The number of amides is 2. The van der Waals surface area contributed by atoms with Gasteiger partial charge >= 0.3 is 0 Å². The highest BCUT2D eigenvalue weighted by Crippen LogP contribution is 2.51. The minimum absolute atomic E-state index is 0.0596. The molecular weight excluding hydrogens is 496 g/mol. The smallest absolute Gasteiger partial charge is 0.251 e. The molecule has 0 bridgehead atoms. The van der Waals surface area contributed by atoms with Gasteiger partial charge in [0.25, 0.3) is 11.8 Å². The van der Waals surface area contributed by atoms with Crippen LogP contribution in [0.5, 0.6) is 11.5 Å². The lowest BCUT2D eigenvalue weighted by Gasteiger charge is -2.30. The summed E-state index contributed by atoms with van der Waals surface area (Å²) in [6, 6.07) is 30.4. The van der Waals surface area contributed by atoms with Gasteiger partial charge in [0.05, 0.1) is 0 Å². The van der Waals surface area contributed by atoms with Gasteiger partial charge in [-0.15, -0.1) is 0 Å². The van der Waals surface area contributed by atoms with Gasteiger partial charge in [-0.2, -0.15) is 0 Å². The molecule has 0 aromatic heterocycles. The largest absolute Gasteiger partial charge is 0.457 e. The molecule has 1 aliphatic rings. The van der Waals surface area contributed by atoms with E-state index in [1.54, 1.807) is 0 Å². The summed E-state index contributed by atoms with van der Waals surface area (Å²) in [5.41, 5.74) is 4.53. The second-order valence-electron chi connectivity index (χ2n) is 11.1. The summed E-state index contributed by atoms with van der Waals surface area (Å²) in [6.45, 7) is 7.83. The third kappa shape index (κ3) is 4.68. The molecule has 200 valence electrons. The monoisotopic (exact) mass is 528 g/mol. The molecule has 2 N–H and O–H groups in total. The molecule has 5 heteroatoms. The zero-order valence-electron chi connectivity index (χ0n) is 23.1. The molecule has 0 radical (unpaired) electrons. The molecule has 0 spiro atoms. The van der Waals surface area contributed by atoms with Crippen LogP contribution in [-0.4, -0.2) is 23.9 Å². The summed E-state index contributed by atoms with van der Waals surface area (Å²) in [5, 5.41) is 9.99. The van der Waals surface area contributed by atoms with Gasteiger partial charge in [-0.1, -0.05) is 48.5 Å². The highest BCUT2D eigenvalue weighted by molar-refractivity contribution is 6.01. The number of hydrogen-bond acceptors (Lipinski definition) is 3. The van der Waals surface area contributed by atoms with Gasteiger partial charge in [0, 0.05) is 40.3 Å². The molecule has 1 aliphatic heterocycles. The van der Waals surface area contributed by atoms with Crippen LogP contribution in [0.25, 0.3) is 21.5 Å². The standard InChI is InChI=1S/C35H32N2O3/c1-20(2)36-34(38)25-11-10-23-19-31-29(18-27(23)17-25)32(22-8-6-5-7-9-22)33-28-14-12-26(35(39)37-21(3)4)16-24(28)13-15-30(33)40-31/h5-21,32H,1-4H3,(H,36,38)(H,37,39). The number of ether oxygens (including phenoxy) is 1. The molecule has 0 saturated carbocycles. The van der Waals surface area contributed by atoms with E-state index in [4.69, 9.17) is 4.74 Å². The van der Waals surface area contributed by atoms with E-state index in [0.29, 0.717) is 11.1 Å². The fourth-order valence-corrected chi connectivity index (χ4v) is 5.57. The summed E-state index contributed by atoms with van der Waals surface area (Å²) in [4.78, 5) is 25.5. The Morgan fingerprint density at radius 2 is 1.27 bits per heavy atom.